The molecule has 3 rings (SSSR count). The zero-order chi connectivity index (χ0) is 17.2. The van der Waals surface area contributed by atoms with Crippen LogP contribution in [-0.4, -0.2) is 36.9 Å². The van der Waals surface area contributed by atoms with Gasteiger partial charge in [-0.15, -0.1) is 0 Å². The third-order valence-electron chi connectivity index (χ3n) is 3.56. The number of rotatable bonds is 6. The fourth-order valence-corrected chi connectivity index (χ4v) is 2.84. The van der Waals surface area contributed by atoms with Crippen LogP contribution in [0.2, 0.25) is 0 Å². The van der Waals surface area contributed by atoms with E-state index in [4.69, 9.17) is 10.2 Å². The van der Waals surface area contributed by atoms with Gasteiger partial charge in [0.15, 0.2) is 0 Å². The maximum atomic E-state index is 11.1. The van der Waals surface area contributed by atoms with Gasteiger partial charge in [0.05, 0.1) is 17.8 Å². The minimum Gasteiger partial charge on any atom is -0.460 e. The SMILES string of the molecule is CS(=O)(=O)CCNCc1ccc(-c2ccc3ncnc(N)c3c2)o1. The number of nitrogens with two attached hydrogens (primary N) is 1. The van der Waals surface area contributed by atoms with E-state index in [1.807, 2.05) is 30.3 Å². The smallest absolute Gasteiger partial charge is 0.148 e. The number of furan rings is 1. The first-order chi connectivity index (χ1) is 11.4. The Labute approximate surface area is 139 Å². The van der Waals surface area contributed by atoms with Crippen LogP contribution in [0.3, 0.4) is 0 Å². The van der Waals surface area contributed by atoms with Crippen LogP contribution in [0.25, 0.3) is 22.2 Å². The highest BCUT2D eigenvalue weighted by molar-refractivity contribution is 7.90. The van der Waals surface area contributed by atoms with Gasteiger partial charge in [0.25, 0.3) is 0 Å². The first kappa shape index (κ1) is 16.4. The van der Waals surface area contributed by atoms with Crippen molar-refractivity contribution in [3.8, 4) is 11.3 Å². The lowest BCUT2D eigenvalue weighted by Gasteiger charge is -2.03. The second-order valence-corrected chi connectivity index (χ2v) is 7.82. The Morgan fingerprint density at radius 1 is 1.21 bits per heavy atom. The molecule has 3 N–H and O–H groups in total. The largest absolute Gasteiger partial charge is 0.460 e. The number of hydrogen-bond acceptors (Lipinski definition) is 7. The topological polar surface area (TPSA) is 111 Å². The Balaban J connectivity index is 1.72. The van der Waals surface area contributed by atoms with Gasteiger partial charge < -0.3 is 15.5 Å². The molecule has 0 saturated heterocycles. The van der Waals surface area contributed by atoms with Gasteiger partial charge in [-0.1, -0.05) is 0 Å². The van der Waals surface area contributed by atoms with Gasteiger partial charge in [0.2, 0.25) is 0 Å². The molecule has 0 bridgehead atoms. The van der Waals surface area contributed by atoms with E-state index in [0.29, 0.717) is 24.7 Å². The molecule has 0 aliphatic carbocycles. The van der Waals surface area contributed by atoms with Crippen LogP contribution < -0.4 is 11.1 Å². The summed E-state index contributed by atoms with van der Waals surface area (Å²) in [5.41, 5.74) is 7.54. The molecule has 0 amide bonds. The number of aromatic nitrogens is 2. The van der Waals surface area contributed by atoms with Gasteiger partial charge in [-0.05, 0) is 30.3 Å². The zero-order valence-corrected chi connectivity index (χ0v) is 14.0. The van der Waals surface area contributed by atoms with Crippen molar-refractivity contribution in [1.29, 1.82) is 0 Å². The average molecular weight is 346 g/mol. The molecule has 3 aromatic rings. The van der Waals surface area contributed by atoms with E-state index in [9.17, 15) is 8.42 Å². The summed E-state index contributed by atoms with van der Waals surface area (Å²) in [6.07, 6.45) is 2.65. The molecule has 0 aliphatic heterocycles. The Hall–Kier alpha value is -2.45. The lowest BCUT2D eigenvalue weighted by Crippen LogP contribution is -2.21. The number of hydrogen-bond donors (Lipinski definition) is 2. The summed E-state index contributed by atoms with van der Waals surface area (Å²) in [6, 6.07) is 9.40. The highest BCUT2D eigenvalue weighted by atomic mass is 32.2. The average Bonchev–Trinajstić information content (AvgIpc) is 3.00. The molecule has 24 heavy (non-hydrogen) atoms. The van der Waals surface area contributed by atoms with Crippen LogP contribution in [0.1, 0.15) is 5.76 Å². The Kier molecular flexibility index (Phi) is 4.50. The number of sulfone groups is 1. The normalized spacial score (nSPS) is 11.9. The molecule has 8 heteroatoms. The zero-order valence-electron chi connectivity index (χ0n) is 13.2. The van der Waals surface area contributed by atoms with Crippen LogP contribution in [0.5, 0.6) is 0 Å². The van der Waals surface area contributed by atoms with Crippen molar-refractivity contribution in [3.63, 3.8) is 0 Å². The van der Waals surface area contributed by atoms with Crippen LogP contribution in [0, 0.1) is 0 Å². The molecular formula is C16H18N4O3S. The van der Waals surface area contributed by atoms with Crippen molar-refractivity contribution >= 4 is 26.6 Å². The Morgan fingerprint density at radius 2 is 2.04 bits per heavy atom. The van der Waals surface area contributed by atoms with Crippen LogP contribution >= 0.6 is 0 Å². The van der Waals surface area contributed by atoms with Crippen molar-refractivity contribution in [2.75, 3.05) is 24.3 Å². The van der Waals surface area contributed by atoms with Crippen molar-refractivity contribution in [1.82, 2.24) is 15.3 Å². The maximum Gasteiger partial charge on any atom is 0.148 e. The van der Waals surface area contributed by atoms with Gasteiger partial charge in [0.1, 0.15) is 33.5 Å². The van der Waals surface area contributed by atoms with Crippen molar-refractivity contribution in [2.45, 2.75) is 6.54 Å². The van der Waals surface area contributed by atoms with Crippen molar-refractivity contribution < 1.29 is 12.8 Å². The van der Waals surface area contributed by atoms with Crippen molar-refractivity contribution in [3.05, 3.63) is 42.4 Å². The molecule has 0 fully saturated rings. The summed E-state index contributed by atoms with van der Waals surface area (Å²) in [4.78, 5) is 8.16. The molecule has 126 valence electrons. The Morgan fingerprint density at radius 3 is 2.83 bits per heavy atom. The van der Waals surface area contributed by atoms with Crippen LogP contribution in [0.4, 0.5) is 5.82 Å². The molecule has 0 atom stereocenters. The number of fused-ring (bicyclic) bond motifs is 1. The molecule has 2 aromatic heterocycles. The van der Waals surface area contributed by atoms with E-state index in [2.05, 4.69) is 15.3 Å². The van der Waals surface area contributed by atoms with Crippen LogP contribution in [-0.2, 0) is 16.4 Å². The second kappa shape index (κ2) is 6.58. The highest BCUT2D eigenvalue weighted by Gasteiger charge is 2.08. The van der Waals surface area contributed by atoms with E-state index in [1.165, 1.54) is 12.6 Å². The number of benzene rings is 1. The number of nitrogen functional groups attached to an aromatic ring is 1. The van der Waals surface area contributed by atoms with E-state index in [-0.39, 0.29) is 5.75 Å². The summed E-state index contributed by atoms with van der Waals surface area (Å²) in [6.45, 7) is 0.854. The molecule has 0 unspecified atom stereocenters. The van der Waals surface area contributed by atoms with E-state index < -0.39 is 9.84 Å². The summed E-state index contributed by atoms with van der Waals surface area (Å²) in [5.74, 6) is 1.97. The van der Waals surface area contributed by atoms with Gasteiger partial charge >= 0.3 is 0 Å². The number of anilines is 1. The third-order valence-corrected chi connectivity index (χ3v) is 4.51. The van der Waals surface area contributed by atoms with Gasteiger partial charge in [-0.2, -0.15) is 0 Å². The van der Waals surface area contributed by atoms with Crippen LogP contribution in [0.15, 0.2) is 41.1 Å². The number of nitrogens with zero attached hydrogens (tertiary/aromatic N) is 2. The molecule has 7 nitrogen and oxygen atoms in total. The highest BCUT2D eigenvalue weighted by Crippen LogP contribution is 2.27. The van der Waals surface area contributed by atoms with Crippen molar-refractivity contribution in [2.24, 2.45) is 0 Å². The van der Waals surface area contributed by atoms with Gasteiger partial charge in [-0.3, -0.25) is 0 Å². The first-order valence-corrected chi connectivity index (χ1v) is 9.46. The summed E-state index contributed by atoms with van der Waals surface area (Å²) in [7, 11) is -2.96. The minimum atomic E-state index is -2.96. The van der Waals surface area contributed by atoms with Gasteiger partial charge in [-0.25, -0.2) is 18.4 Å². The standard InChI is InChI=1S/C16H18N4O3S/c1-24(21,22)7-6-18-9-12-3-5-15(23-12)11-2-4-14-13(8-11)16(17)20-10-19-14/h2-5,8,10,18H,6-7,9H2,1H3,(H2,17,19,20). The first-order valence-electron chi connectivity index (χ1n) is 7.40. The molecule has 2 heterocycles. The predicted octanol–water partition coefficient (Wildman–Crippen LogP) is 1.61. The monoisotopic (exact) mass is 346 g/mol. The fourth-order valence-electron chi connectivity index (χ4n) is 2.33. The molecule has 0 saturated carbocycles. The second-order valence-electron chi connectivity index (χ2n) is 5.56. The minimum absolute atomic E-state index is 0.102. The van der Waals surface area contributed by atoms with E-state index in [1.54, 1.807) is 0 Å². The quantitative estimate of drug-likeness (QED) is 0.652. The van der Waals surface area contributed by atoms with E-state index >= 15 is 0 Å². The lowest BCUT2D eigenvalue weighted by atomic mass is 10.1. The summed E-state index contributed by atoms with van der Waals surface area (Å²) >= 11 is 0. The predicted molar refractivity (Wildman–Crippen MR) is 93.1 cm³/mol. The molecule has 0 spiro atoms. The molecule has 0 aliphatic rings. The molecular weight excluding hydrogens is 328 g/mol. The Bertz CT molecular complexity index is 966. The molecule has 1 aromatic carbocycles. The van der Waals surface area contributed by atoms with E-state index in [0.717, 1.165) is 22.2 Å². The summed E-state index contributed by atoms with van der Waals surface area (Å²) in [5, 5.41) is 3.83. The fraction of sp³-hybridized carbons (Fsp3) is 0.250. The van der Waals surface area contributed by atoms with Gasteiger partial charge in [0, 0.05) is 23.8 Å². The maximum absolute atomic E-state index is 11.1. The number of nitrogens with one attached hydrogen (secondary N) is 1. The molecule has 0 radical (unpaired) electrons. The summed E-state index contributed by atoms with van der Waals surface area (Å²) < 4.78 is 28.0. The lowest BCUT2D eigenvalue weighted by molar-refractivity contribution is 0.498. The third kappa shape index (κ3) is 3.90.